The van der Waals surface area contributed by atoms with E-state index < -0.39 is 0 Å². The van der Waals surface area contributed by atoms with Crippen LogP contribution in [0.15, 0.2) is 40.9 Å². The van der Waals surface area contributed by atoms with E-state index in [4.69, 9.17) is 28.9 Å². The molecule has 0 fully saturated rings. The lowest BCUT2D eigenvalue weighted by atomic mass is 10.2. The van der Waals surface area contributed by atoms with Crippen molar-refractivity contribution in [3.8, 4) is 0 Å². The van der Waals surface area contributed by atoms with E-state index in [-0.39, 0.29) is 0 Å². The first-order valence-electron chi connectivity index (χ1n) is 4.83. The second-order valence-electron chi connectivity index (χ2n) is 3.49. The van der Waals surface area contributed by atoms with Crippen LogP contribution < -0.4 is 11.1 Å². The van der Waals surface area contributed by atoms with Crippen LogP contribution in [0, 0.1) is 0 Å². The third-order valence-corrected chi connectivity index (χ3v) is 3.72. The lowest BCUT2D eigenvalue weighted by Crippen LogP contribution is -1.92. The lowest BCUT2D eigenvalue weighted by molar-refractivity contribution is 1.53. The Morgan fingerprint density at radius 2 is 1.76 bits per heavy atom. The van der Waals surface area contributed by atoms with Crippen molar-refractivity contribution in [2.45, 2.75) is 0 Å². The minimum atomic E-state index is 0.580. The number of hydrogen-bond acceptors (Lipinski definition) is 2. The molecule has 5 heteroatoms. The second-order valence-corrected chi connectivity index (χ2v) is 5.16. The average Bonchev–Trinajstić information content (AvgIpc) is 2.27. The fraction of sp³-hybridized carbons (Fsp3) is 0. The molecule has 2 rings (SSSR count). The summed E-state index contributed by atoms with van der Waals surface area (Å²) >= 11 is 15.4. The Morgan fingerprint density at radius 1 is 1.00 bits per heavy atom. The summed E-state index contributed by atoms with van der Waals surface area (Å²) in [4.78, 5) is 0. The van der Waals surface area contributed by atoms with Gasteiger partial charge in [0.2, 0.25) is 0 Å². The van der Waals surface area contributed by atoms with Gasteiger partial charge in [-0.05, 0) is 52.3 Å². The highest BCUT2D eigenvalue weighted by Gasteiger charge is 2.03. The van der Waals surface area contributed by atoms with Crippen molar-refractivity contribution in [2.24, 2.45) is 0 Å². The zero-order valence-corrected chi connectivity index (χ0v) is 11.8. The Morgan fingerprint density at radius 3 is 2.41 bits per heavy atom. The number of hydrogen-bond donors (Lipinski definition) is 2. The monoisotopic (exact) mass is 330 g/mol. The molecule has 2 aromatic carbocycles. The van der Waals surface area contributed by atoms with E-state index in [9.17, 15) is 0 Å². The molecule has 3 N–H and O–H groups in total. The lowest BCUT2D eigenvalue weighted by Gasteiger charge is -2.09. The molecule has 0 aliphatic rings. The molecule has 0 saturated heterocycles. The van der Waals surface area contributed by atoms with Gasteiger partial charge in [-0.2, -0.15) is 0 Å². The number of benzene rings is 2. The van der Waals surface area contributed by atoms with Crippen LogP contribution in [-0.4, -0.2) is 0 Å². The number of nitrogens with one attached hydrogen (secondary N) is 1. The van der Waals surface area contributed by atoms with Crippen LogP contribution in [-0.2, 0) is 0 Å². The zero-order chi connectivity index (χ0) is 12.4. The maximum absolute atomic E-state index is 6.07. The Balaban J connectivity index is 2.28. The maximum atomic E-state index is 6.07. The van der Waals surface area contributed by atoms with Gasteiger partial charge in [-0.3, -0.25) is 0 Å². The van der Waals surface area contributed by atoms with Crippen molar-refractivity contribution in [2.75, 3.05) is 11.1 Å². The summed E-state index contributed by atoms with van der Waals surface area (Å²) in [6, 6.07) is 10.9. The summed E-state index contributed by atoms with van der Waals surface area (Å²) in [5.74, 6) is 0. The molecule has 0 radical (unpaired) electrons. The first kappa shape index (κ1) is 12.6. The van der Waals surface area contributed by atoms with Crippen LogP contribution in [0.2, 0.25) is 10.0 Å². The molecule has 0 aliphatic carbocycles. The summed E-state index contributed by atoms with van der Waals surface area (Å²) in [6.45, 7) is 0. The van der Waals surface area contributed by atoms with Crippen molar-refractivity contribution in [3.63, 3.8) is 0 Å². The highest BCUT2D eigenvalue weighted by Crippen LogP contribution is 2.30. The third-order valence-electron chi connectivity index (χ3n) is 2.19. The second kappa shape index (κ2) is 5.17. The highest BCUT2D eigenvalue weighted by molar-refractivity contribution is 9.10. The quantitative estimate of drug-likeness (QED) is 0.753. The van der Waals surface area contributed by atoms with Crippen molar-refractivity contribution in [1.82, 2.24) is 0 Å². The van der Waals surface area contributed by atoms with Crippen molar-refractivity contribution < 1.29 is 0 Å². The fourth-order valence-electron chi connectivity index (χ4n) is 1.36. The van der Waals surface area contributed by atoms with Gasteiger partial charge in [0.05, 0.1) is 15.7 Å². The molecule has 88 valence electrons. The van der Waals surface area contributed by atoms with Gasteiger partial charge in [-0.1, -0.05) is 23.2 Å². The minimum absolute atomic E-state index is 0.580. The van der Waals surface area contributed by atoms with Crippen LogP contribution in [0.3, 0.4) is 0 Å². The van der Waals surface area contributed by atoms with Gasteiger partial charge in [0, 0.05) is 15.8 Å². The van der Waals surface area contributed by atoms with E-state index in [1.54, 1.807) is 18.2 Å². The van der Waals surface area contributed by atoms with Crippen LogP contribution in [0.1, 0.15) is 0 Å². The molecular formula is C12H9BrCl2N2. The standard InChI is InChI=1S/C12H9BrCl2N2/c13-9-6-8(2-3-10(9)14)17-12-4-1-7(16)5-11(12)15/h1-6,17H,16H2. The summed E-state index contributed by atoms with van der Waals surface area (Å²) in [6.07, 6.45) is 0. The smallest absolute Gasteiger partial charge is 0.0661 e. The molecule has 17 heavy (non-hydrogen) atoms. The van der Waals surface area contributed by atoms with E-state index in [0.29, 0.717) is 15.7 Å². The van der Waals surface area contributed by atoms with E-state index >= 15 is 0 Å². The first-order valence-corrected chi connectivity index (χ1v) is 6.38. The van der Waals surface area contributed by atoms with Crippen molar-refractivity contribution in [3.05, 3.63) is 50.9 Å². The number of nitrogen functional groups attached to an aromatic ring is 1. The number of halogens is 3. The molecule has 0 aromatic heterocycles. The number of anilines is 3. The van der Waals surface area contributed by atoms with Crippen molar-refractivity contribution >= 4 is 56.2 Å². The molecule has 0 aliphatic heterocycles. The molecule has 0 atom stereocenters. The third kappa shape index (κ3) is 3.06. The Bertz CT molecular complexity index is 558. The largest absolute Gasteiger partial charge is 0.399 e. The van der Waals surface area contributed by atoms with Gasteiger partial charge < -0.3 is 11.1 Å². The molecule has 2 aromatic rings. The van der Waals surface area contributed by atoms with E-state index in [1.165, 1.54) is 0 Å². The van der Waals surface area contributed by atoms with Crippen LogP contribution in [0.4, 0.5) is 17.1 Å². The summed E-state index contributed by atoms with van der Waals surface area (Å²) < 4.78 is 0.829. The SMILES string of the molecule is Nc1ccc(Nc2ccc(Cl)c(Br)c2)c(Cl)c1. The predicted molar refractivity (Wildman–Crippen MR) is 78.3 cm³/mol. The van der Waals surface area contributed by atoms with Gasteiger partial charge in [0.15, 0.2) is 0 Å². The zero-order valence-electron chi connectivity index (χ0n) is 8.68. The summed E-state index contributed by atoms with van der Waals surface area (Å²) in [5.41, 5.74) is 7.96. The minimum Gasteiger partial charge on any atom is -0.399 e. The molecule has 0 heterocycles. The van der Waals surface area contributed by atoms with E-state index in [0.717, 1.165) is 15.8 Å². The van der Waals surface area contributed by atoms with E-state index in [1.807, 2.05) is 18.2 Å². The molecule has 0 bridgehead atoms. The van der Waals surface area contributed by atoms with Gasteiger partial charge in [-0.25, -0.2) is 0 Å². The highest BCUT2D eigenvalue weighted by atomic mass is 79.9. The molecule has 2 nitrogen and oxygen atoms in total. The Hall–Kier alpha value is -0.900. The van der Waals surface area contributed by atoms with Gasteiger partial charge in [0.25, 0.3) is 0 Å². The van der Waals surface area contributed by atoms with Gasteiger partial charge >= 0.3 is 0 Å². The Labute approximate surface area is 118 Å². The van der Waals surface area contributed by atoms with E-state index in [2.05, 4.69) is 21.2 Å². The molecule has 0 spiro atoms. The summed E-state index contributed by atoms with van der Waals surface area (Å²) in [7, 11) is 0. The fourth-order valence-corrected chi connectivity index (χ4v) is 2.09. The Kier molecular flexibility index (Phi) is 3.82. The van der Waals surface area contributed by atoms with Gasteiger partial charge in [-0.15, -0.1) is 0 Å². The van der Waals surface area contributed by atoms with Crippen LogP contribution in [0.5, 0.6) is 0 Å². The van der Waals surface area contributed by atoms with Crippen LogP contribution in [0.25, 0.3) is 0 Å². The summed E-state index contributed by atoms with van der Waals surface area (Å²) in [5, 5.41) is 4.44. The molecule has 0 amide bonds. The van der Waals surface area contributed by atoms with Crippen LogP contribution >= 0.6 is 39.1 Å². The average molecular weight is 332 g/mol. The topological polar surface area (TPSA) is 38.0 Å². The van der Waals surface area contributed by atoms with Crippen molar-refractivity contribution in [1.29, 1.82) is 0 Å². The molecule has 0 saturated carbocycles. The normalized spacial score (nSPS) is 10.3. The first-order chi connectivity index (χ1) is 8.06. The molecular weight excluding hydrogens is 323 g/mol. The predicted octanol–water partition coefficient (Wildman–Crippen LogP) is 5.08. The van der Waals surface area contributed by atoms with Gasteiger partial charge in [0.1, 0.15) is 0 Å². The number of rotatable bonds is 2. The number of nitrogens with two attached hydrogens (primary N) is 1. The maximum Gasteiger partial charge on any atom is 0.0661 e. The molecule has 0 unspecified atom stereocenters.